The van der Waals surface area contributed by atoms with Crippen LogP contribution in [0.15, 0.2) is 16.6 Å². The van der Waals surface area contributed by atoms with Crippen LogP contribution in [0.25, 0.3) is 0 Å². The summed E-state index contributed by atoms with van der Waals surface area (Å²) in [5.41, 5.74) is 0.333. The summed E-state index contributed by atoms with van der Waals surface area (Å²) in [5.74, 6) is 1.39. The molecule has 0 spiro atoms. The zero-order valence-corrected chi connectivity index (χ0v) is 12.8. The lowest BCUT2D eigenvalue weighted by Gasteiger charge is -2.18. The SMILES string of the molecule is COc1cc(Br)c(CNCC(C)(C)O)cc1OC. The molecule has 0 aliphatic carbocycles. The number of aliphatic hydroxyl groups is 1. The Morgan fingerprint density at radius 3 is 2.28 bits per heavy atom. The molecular formula is C13H20BrNO3. The van der Waals surface area contributed by atoms with Gasteiger partial charge in [-0.25, -0.2) is 0 Å². The zero-order valence-electron chi connectivity index (χ0n) is 11.2. The van der Waals surface area contributed by atoms with Crippen molar-refractivity contribution in [3.05, 3.63) is 22.2 Å². The van der Waals surface area contributed by atoms with Gasteiger partial charge in [0.1, 0.15) is 0 Å². The molecule has 18 heavy (non-hydrogen) atoms. The van der Waals surface area contributed by atoms with E-state index in [9.17, 15) is 5.11 Å². The summed E-state index contributed by atoms with van der Waals surface area (Å²) >= 11 is 3.49. The third-order valence-electron chi connectivity index (χ3n) is 2.43. The van der Waals surface area contributed by atoms with E-state index in [0.29, 0.717) is 24.6 Å². The number of halogens is 1. The molecule has 0 saturated heterocycles. The number of nitrogens with one attached hydrogen (secondary N) is 1. The lowest BCUT2D eigenvalue weighted by atomic mass is 10.1. The summed E-state index contributed by atoms with van der Waals surface area (Å²) < 4.78 is 11.4. The van der Waals surface area contributed by atoms with E-state index >= 15 is 0 Å². The average molecular weight is 318 g/mol. The van der Waals surface area contributed by atoms with E-state index in [-0.39, 0.29) is 0 Å². The van der Waals surface area contributed by atoms with Gasteiger partial charge < -0.3 is 19.9 Å². The second-order valence-corrected chi connectivity index (χ2v) is 5.57. The molecule has 0 aliphatic rings. The maximum absolute atomic E-state index is 9.63. The lowest BCUT2D eigenvalue weighted by molar-refractivity contribution is 0.0795. The maximum atomic E-state index is 9.63. The molecule has 4 nitrogen and oxygen atoms in total. The van der Waals surface area contributed by atoms with Gasteiger partial charge in [0.05, 0.1) is 19.8 Å². The number of ether oxygens (including phenoxy) is 2. The van der Waals surface area contributed by atoms with Crippen molar-refractivity contribution in [2.45, 2.75) is 26.0 Å². The van der Waals surface area contributed by atoms with Crippen LogP contribution in [-0.4, -0.2) is 31.5 Å². The second kappa shape index (κ2) is 6.41. The van der Waals surface area contributed by atoms with E-state index in [1.165, 1.54) is 0 Å². The van der Waals surface area contributed by atoms with Crippen molar-refractivity contribution in [3.8, 4) is 11.5 Å². The number of methoxy groups -OCH3 is 2. The molecule has 0 aromatic heterocycles. The highest BCUT2D eigenvalue weighted by atomic mass is 79.9. The maximum Gasteiger partial charge on any atom is 0.161 e. The van der Waals surface area contributed by atoms with E-state index in [1.807, 2.05) is 12.1 Å². The van der Waals surface area contributed by atoms with Crippen molar-refractivity contribution in [3.63, 3.8) is 0 Å². The van der Waals surface area contributed by atoms with Crippen LogP contribution in [-0.2, 0) is 6.54 Å². The lowest BCUT2D eigenvalue weighted by Crippen LogP contribution is -2.34. The fourth-order valence-corrected chi connectivity index (χ4v) is 2.00. The van der Waals surface area contributed by atoms with Crippen molar-refractivity contribution in [1.82, 2.24) is 5.32 Å². The van der Waals surface area contributed by atoms with Gasteiger partial charge >= 0.3 is 0 Å². The summed E-state index contributed by atoms with van der Waals surface area (Å²) in [6.07, 6.45) is 0. The molecule has 0 saturated carbocycles. The standard InChI is InChI=1S/C13H20BrNO3/c1-13(2,16)8-15-7-9-5-11(17-3)12(18-4)6-10(9)14/h5-6,15-16H,7-8H2,1-4H3. The first kappa shape index (κ1) is 15.3. The van der Waals surface area contributed by atoms with Crippen LogP contribution in [0.2, 0.25) is 0 Å². The fourth-order valence-electron chi connectivity index (χ4n) is 1.53. The Kier molecular flexibility index (Phi) is 5.44. The first-order chi connectivity index (χ1) is 8.37. The Morgan fingerprint density at radius 1 is 1.22 bits per heavy atom. The van der Waals surface area contributed by atoms with E-state index in [2.05, 4.69) is 21.2 Å². The molecule has 1 rings (SSSR count). The molecule has 102 valence electrons. The van der Waals surface area contributed by atoms with Gasteiger partial charge in [-0.15, -0.1) is 0 Å². The highest BCUT2D eigenvalue weighted by molar-refractivity contribution is 9.10. The predicted molar refractivity (Wildman–Crippen MR) is 75.3 cm³/mol. The fraction of sp³-hybridized carbons (Fsp3) is 0.538. The molecule has 0 bridgehead atoms. The second-order valence-electron chi connectivity index (χ2n) is 4.71. The average Bonchev–Trinajstić information content (AvgIpc) is 2.29. The third-order valence-corrected chi connectivity index (χ3v) is 3.16. The van der Waals surface area contributed by atoms with Crippen LogP contribution < -0.4 is 14.8 Å². The van der Waals surface area contributed by atoms with Crippen molar-refractivity contribution in [2.24, 2.45) is 0 Å². The molecule has 0 unspecified atom stereocenters. The van der Waals surface area contributed by atoms with Gasteiger partial charge in [-0.05, 0) is 31.5 Å². The summed E-state index contributed by atoms with van der Waals surface area (Å²) in [6, 6.07) is 3.79. The summed E-state index contributed by atoms with van der Waals surface area (Å²) in [6.45, 7) is 4.70. The minimum atomic E-state index is -0.719. The Balaban J connectivity index is 2.77. The third kappa shape index (κ3) is 4.48. The minimum Gasteiger partial charge on any atom is -0.493 e. The summed E-state index contributed by atoms with van der Waals surface area (Å²) in [7, 11) is 3.22. The van der Waals surface area contributed by atoms with Crippen LogP contribution in [0.1, 0.15) is 19.4 Å². The largest absolute Gasteiger partial charge is 0.493 e. The van der Waals surface area contributed by atoms with Crippen LogP contribution in [0.3, 0.4) is 0 Å². The Hall–Kier alpha value is -0.780. The summed E-state index contributed by atoms with van der Waals surface area (Å²) in [5, 5.41) is 12.8. The smallest absolute Gasteiger partial charge is 0.161 e. The highest BCUT2D eigenvalue weighted by Gasteiger charge is 2.13. The van der Waals surface area contributed by atoms with Gasteiger partial charge in [0.15, 0.2) is 11.5 Å². The van der Waals surface area contributed by atoms with Gasteiger partial charge in [0, 0.05) is 17.6 Å². The molecule has 2 N–H and O–H groups in total. The molecule has 1 aromatic carbocycles. The molecule has 0 atom stereocenters. The Labute approximate surface area is 116 Å². The molecule has 0 aliphatic heterocycles. The van der Waals surface area contributed by atoms with Crippen LogP contribution in [0.4, 0.5) is 0 Å². The normalized spacial score (nSPS) is 11.4. The molecule has 5 heteroatoms. The number of rotatable bonds is 6. The van der Waals surface area contributed by atoms with E-state index in [4.69, 9.17) is 9.47 Å². The Morgan fingerprint density at radius 2 is 1.78 bits per heavy atom. The van der Waals surface area contributed by atoms with Gasteiger partial charge in [-0.2, -0.15) is 0 Å². The van der Waals surface area contributed by atoms with E-state index in [0.717, 1.165) is 10.0 Å². The van der Waals surface area contributed by atoms with Gasteiger partial charge in [-0.3, -0.25) is 0 Å². The van der Waals surface area contributed by atoms with E-state index in [1.54, 1.807) is 28.1 Å². The monoisotopic (exact) mass is 317 g/mol. The summed E-state index contributed by atoms with van der Waals surface area (Å²) in [4.78, 5) is 0. The van der Waals surface area contributed by atoms with E-state index < -0.39 is 5.60 Å². The first-order valence-electron chi connectivity index (χ1n) is 5.71. The number of hydrogen-bond donors (Lipinski definition) is 2. The van der Waals surface area contributed by atoms with Crippen molar-refractivity contribution in [1.29, 1.82) is 0 Å². The Bertz CT molecular complexity index is 402. The molecular weight excluding hydrogens is 298 g/mol. The predicted octanol–water partition coefficient (Wildman–Crippen LogP) is 2.33. The van der Waals surface area contributed by atoms with Gasteiger partial charge in [0.25, 0.3) is 0 Å². The molecule has 0 amide bonds. The quantitative estimate of drug-likeness (QED) is 0.845. The van der Waals surface area contributed by atoms with Crippen LogP contribution >= 0.6 is 15.9 Å². The first-order valence-corrected chi connectivity index (χ1v) is 6.50. The van der Waals surface area contributed by atoms with Gasteiger partial charge in [-0.1, -0.05) is 15.9 Å². The molecule has 0 fully saturated rings. The van der Waals surface area contributed by atoms with Crippen molar-refractivity contribution in [2.75, 3.05) is 20.8 Å². The van der Waals surface area contributed by atoms with Crippen LogP contribution in [0, 0.1) is 0 Å². The highest BCUT2D eigenvalue weighted by Crippen LogP contribution is 2.33. The number of hydrogen-bond acceptors (Lipinski definition) is 4. The molecule has 0 radical (unpaired) electrons. The zero-order chi connectivity index (χ0) is 13.8. The van der Waals surface area contributed by atoms with Crippen molar-refractivity contribution < 1.29 is 14.6 Å². The van der Waals surface area contributed by atoms with Crippen LogP contribution in [0.5, 0.6) is 11.5 Å². The van der Waals surface area contributed by atoms with Crippen molar-refractivity contribution >= 4 is 15.9 Å². The minimum absolute atomic E-state index is 0.522. The molecule has 0 heterocycles. The van der Waals surface area contributed by atoms with Gasteiger partial charge in [0.2, 0.25) is 0 Å². The molecule has 1 aromatic rings. The topological polar surface area (TPSA) is 50.7 Å². The number of benzene rings is 1.